The van der Waals surface area contributed by atoms with E-state index < -0.39 is 0 Å². The summed E-state index contributed by atoms with van der Waals surface area (Å²) in [6.07, 6.45) is 5.50. The highest BCUT2D eigenvalue weighted by Crippen LogP contribution is 2.41. The number of rotatable bonds is 3. The summed E-state index contributed by atoms with van der Waals surface area (Å²) in [5, 5.41) is 3.43. The average molecular weight is 223 g/mol. The van der Waals surface area contributed by atoms with Crippen molar-refractivity contribution in [3.8, 4) is 0 Å². The van der Waals surface area contributed by atoms with Crippen LogP contribution in [0.2, 0.25) is 0 Å². The lowest BCUT2D eigenvalue weighted by Gasteiger charge is -2.39. The Balaban J connectivity index is 2.51. The second kappa shape index (κ2) is 5.35. The Kier molecular flexibility index (Phi) is 4.61. The third kappa shape index (κ3) is 3.35. The summed E-state index contributed by atoms with van der Waals surface area (Å²) in [6, 6.07) is 0.529. The van der Waals surface area contributed by atoms with Gasteiger partial charge in [0, 0.05) is 6.04 Å². The Bertz CT molecular complexity index is 228. The molecule has 0 bridgehead atoms. The van der Waals surface area contributed by atoms with Gasteiger partial charge in [-0.1, -0.05) is 32.9 Å². The standard InChI is InChI=1S/C15H29N/c1-11(2)14(16-6)12-7-9-13(10-8-12)15(3,4)5/h12-14,16H,1,7-10H2,2-6H3. The van der Waals surface area contributed by atoms with Crippen molar-refractivity contribution in [3.05, 3.63) is 12.2 Å². The van der Waals surface area contributed by atoms with Crippen LogP contribution in [0.5, 0.6) is 0 Å². The quantitative estimate of drug-likeness (QED) is 0.713. The van der Waals surface area contributed by atoms with Crippen LogP contribution < -0.4 is 5.32 Å². The zero-order chi connectivity index (χ0) is 12.3. The minimum atomic E-state index is 0.489. The predicted molar refractivity (Wildman–Crippen MR) is 72.6 cm³/mol. The molecular formula is C15H29N. The maximum Gasteiger partial charge on any atom is 0.0299 e. The largest absolute Gasteiger partial charge is 0.313 e. The zero-order valence-electron chi connectivity index (χ0n) is 11.8. The molecule has 0 saturated heterocycles. The molecule has 1 fully saturated rings. The molecule has 16 heavy (non-hydrogen) atoms. The Morgan fingerprint density at radius 1 is 1.19 bits per heavy atom. The van der Waals surface area contributed by atoms with E-state index in [-0.39, 0.29) is 0 Å². The first-order valence-electron chi connectivity index (χ1n) is 6.69. The SMILES string of the molecule is C=C(C)C(NC)C1CCC(C(C)(C)C)CC1. The van der Waals surface area contributed by atoms with Crippen molar-refractivity contribution in [2.45, 2.75) is 59.4 Å². The summed E-state index contributed by atoms with van der Waals surface area (Å²) in [5.74, 6) is 1.72. The van der Waals surface area contributed by atoms with Crippen LogP contribution >= 0.6 is 0 Å². The van der Waals surface area contributed by atoms with Gasteiger partial charge >= 0.3 is 0 Å². The topological polar surface area (TPSA) is 12.0 Å². The van der Waals surface area contributed by atoms with E-state index in [0.717, 1.165) is 11.8 Å². The highest BCUT2D eigenvalue weighted by molar-refractivity contribution is 5.05. The average Bonchev–Trinajstić information content (AvgIpc) is 2.17. The van der Waals surface area contributed by atoms with E-state index in [2.05, 4.69) is 46.6 Å². The van der Waals surface area contributed by atoms with E-state index in [1.807, 2.05) is 0 Å². The Morgan fingerprint density at radius 3 is 2.00 bits per heavy atom. The Labute approximate surface area is 102 Å². The van der Waals surface area contributed by atoms with Crippen molar-refractivity contribution in [2.24, 2.45) is 17.3 Å². The van der Waals surface area contributed by atoms with Gasteiger partial charge in [0.15, 0.2) is 0 Å². The summed E-state index contributed by atoms with van der Waals surface area (Å²) < 4.78 is 0. The lowest BCUT2D eigenvalue weighted by molar-refractivity contribution is 0.139. The number of likely N-dealkylation sites (N-methyl/N-ethyl adjacent to an activating group) is 1. The van der Waals surface area contributed by atoms with Crippen molar-refractivity contribution in [1.29, 1.82) is 0 Å². The third-order valence-corrected chi connectivity index (χ3v) is 4.31. The van der Waals surface area contributed by atoms with E-state index >= 15 is 0 Å². The van der Waals surface area contributed by atoms with Gasteiger partial charge < -0.3 is 5.32 Å². The van der Waals surface area contributed by atoms with Gasteiger partial charge in [0.2, 0.25) is 0 Å². The molecule has 1 nitrogen and oxygen atoms in total. The summed E-state index contributed by atoms with van der Waals surface area (Å²) in [7, 11) is 2.06. The maximum absolute atomic E-state index is 4.11. The van der Waals surface area contributed by atoms with Gasteiger partial charge in [0.1, 0.15) is 0 Å². The maximum atomic E-state index is 4.11. The van der Waals surface area contributed by atoms with Gasteiger partial charge in [-0.05, 0) is 56.9 Å². The fourth-order valence-electron chi connectivity index (χ4n) is 3.20. The van der Waals surface area contributed by atoms with Crippen LogP contribution in [0.15, 0.2) is 12.2 Å². The van der Waals surface area contributed by atoms with Crippen molar-refractivity contribution in [2.75, 3.05) is 7.05 Å². The third-order valence-electron chi connectivity index (χ3n) is 4.31. The van der Waals surface area contributed by atoms with E-state index in [9.17, 15) is 0 Å². The van der Waals surface area contributed by atoms with Crippen LogP contribution in [-0.2, 0) is 0 Å². The molecule has 1 rings (SSSR count). The fraction of sp³-hybridized carbons (Fsp3) is 0.867. The minimum Gasteiger partial charge on any atom is -0.313 e. The first-order valence-corrected chi connectivity index (χ1v) is 6.69. The minimum absolute atomic E-state index is 0.489. The summed E-state index contributed by atoms with van der Waals surface area (Å²) >= 11 is 0. The molecule has 1 heteroatoms. The molecule has 1 N–H and O–H groups in total. The molecular weight excluding hydrogens is 194 g/mol. The van der Waals surface area contributed by atoms with E-state index in [0.29, 0.717) is 11.5 Å². The van der Waals surface area contributed by atoms with E-state index in [1.165, 1.54) is 31.3 Å². The highest BCUT2D eigenvalue weighted by Gasteiger charge is 2.32. The van der Waals surface area contributed by atoms with Crippen molar-refractivity contribution in [1.82, 2.24) is 5.32 Å². The highest BCUT2D eigenvalue weighted by atomic mass is 14.9. The summed E-state index contributed by atoms with van der Waals surface area (Å²) in [6.45, 7) is 13.4. The first kappa shape index (κ1) is 13.8. The second-order valence-electron chi connectivity index (χ2n) is 6.59. The van der Waals surface area contributed by atoms with Crippen molar-refractivity contribution >= 4 is 0 Å². The van der Waals surface area contributed by atoms with Crippen molar-refractivity contribution < 1.29 is 0 Å². The van der Waals surface area contributed by atoms with Crippen LogP contribution in [0, 0.1) is 17.3 Å². The van der Waals surface area contributed by atoms with Gasteiger partial charge in [0.25, 0.3) is 0 Å². The van der Waals surface area contributed by atoms with Gasteiger partial charge in [-0.3, -0.25) is 0 Å². The molecule has 0 amide bonds. The molecule has 1 aliphatic carbocycles. The lowest BCUT2D eigenvalue weighted by atomic mass is 9.68. The van der Waals surface area contributed by atoms with Crippen LogP contribution in [-0.4, -0.2) is 13.1 Å². The monoisotopic (exact) mass is 223 g/mol. The zero-order valence-corrected chi connectivity index (χ0v) is 11.8. The lowest BCUT2D eigenvalue weighted by Crippen LogP contribution is -2.38. The molecule has 1 aliphatic rings. The van der Waals surface area contributed by atoms with Crippen LogP contribution in [0.1, 0.15) is 53.4 Å². The van der Waals surface area contributed by atoms with Gasteiger partial charge in [-0.2, -0.15) is 0 Å². The normalized spacial score (nSPS) is 28.8. The van der Waals surface area contributed by atoms with E-state index in [1.54, 1.807) is 0 Å². The van der Waals surface area contributed by atoms with Crippen LogP contribution in [0.4, 0.5) is 0 Å². The molecule has 0 aromatic carbocycles. The summed E-state index contributed by atoms with van der Waals surface area (Å²) in [4.78, 5) is 0. The number of hydrogen-bond acceptors (Lipinski definition) is 1. The molecule has 0 aromatic rings. The van der Waals surface area contributed by atoms with E-state index in [4.69, 9.17) is 0 Å². The molecule has 1 atom stereocenters. The van der Waals surface area contributed by atoms with Crippen molar-refractivity contribution in [3.63, 3.8) is 0 Å². The molecule has 94 valence electrons. The van der Waals surface area contributed by atoms with Crippen LogP contribution in [0.25, 0.3) is 0 Å². The molecule has 1 unspecified atom stereocenters. The smallest absolute Gasteiger partial charge is 0.0299 e. The molecule has 0 aliphatic heterocycles. The fourth-order valence-corrected chi connectivity index (χ4v) is 3.20. The van der Waals surface area contributed by atoms with Gasteiger partial charge in [-0.25, -0.2) is 0 Å². The second-order valence-corrected chi connectivity index (χ2v) is 6.59. The van der Waals surface area contributed by atoms with Crippen LogP contribution in [0.3, 0.4) is 0 Å². The molecule has 0 aromatic heterocycles. The molecule has 0 heterocycles. The molecule has 0 radical (unpaired) electrons. The van der Waals surface area contributed by atoms with Gasteiger partial charge in [0.05, 0.1) is 0 Å². The number of nitrogens with one attached hydrogen (secondary N) is 1. The number of hydrogen-bond donors (Lipinski definition) is 1. The summed E-state index contributed by atoms with van der Waals surface area (Å²) in [5.41, 5.74) is 1.78. The molecule has 0 spiro atoms. The Hall–Kier alpha value is -0.300. The Morgan fingerprint density at radius 2 is 1.69 bits per heavy atom. The predicted octanol–water partition coefficient (Wildman–Crippen LogP) is 4.00. The molecule has 1 saturated carbocycles. The first-order chi connectivity index (χ1) is 7.36. The van der Waals surface area contributed by atoms with Gasteiger partial charge in [-0.15, -0.1) is 0 Å².